The zero-order chi connectivity index (χ0) is 8.69. The third-order valence-corrected chi connectivity index (χ3v) is 1.65. The summed E-state index contributed by atoms with van der Waals surface area (Å²) in [6.45, 7) is 8.19. The Hall–Kier alpha value is -0.560. The van der Waals surface area contributed by atoms with Crippen molar-refractivity contribution in [1.29, 1.82) is 0 Å². The molecule has 0 bridgehead atoms. The lowest BCUT2D eigenvalue weighted by molar-refractivity contribution is 0.341. The Morgan fingerprint density at radius 2 is 2.27 bits per heavy atom. The summed E-state index contributed by atoms with van der Waals surface area (Å²) in [5.74, 6) is 0.555. The van der Waals surface area contributed by atoms with Crippen LogP contribution in [-0.2, 0) is 0 Å². The first kappa shape index (κ1) is 10.4. The largest absolute Gasteiger partial charge is 0.392 e. The van der Waals surface area contributed by atoms with E-state index in [9.17, 15) is 0 Å². The standard InChI is InChI=1S/C10H18O/c1-4-10(6-5-7-11)8-9(2)3/h5-6,10-11H,2,4,7-8H2,1,3H3/b6-5+/t10-/m0/s1. The number of hydrogen-bond donors (Lipinski definition) is 1. The molecule has 0 heterocycles. The minimum absolute atomic E-state index is 0.146. The van der Waals surface area contributed by atoms with Gasteiger partial charge in [-0.25, -0.2) is 0 Å². The predicted octanol–water partition coefficient (Wildman–Crippen LogP) is 2.53. The second-order valence-corrected chi connectivity index (χ2v) is 2.94. The highest BCUT2D eigenvalue weighted by Gasteiger charge is 2.00. The molecule has 1 heteroatoms. The van der Waals surface area contributed by atoms with Crippen molar-refractivity contribution < 1.29 is 5.11 Å². The summed E-state index contributed by atoms with van der Waals surface area (Å²) in [4.78, 5) is 0. The van der Waals surface area contributed by atoms with Crippen molar-refractivity contribution >= 4 is 0 Å². The summed E-state index contributed by atoms with van der Waals surface area (Å²) >= 11 is 0. The summed E-state index contributed by atoms with van der Waals surface area (Å²) in [5.41, 5.74) is 1.21. The van der Waals surface area contributed by atoms with E-state index >= 15 is 0 Å². The average Bonchev–Trinajstić information content (AvgIpc) is 1.97. The predicted molar refractivity (Wildman–Crippen MR) is 49.4 cm³/mol. The van der Waals surface area contributed by atoms with Crippen LogP contribution in [0.25, 0.3) is 0 Å². The van der Waals surface area contributed by atoms with Crippen LogP contribution in [-0.4, -0.2) is 11.7 Å². The van der Waals surface area contributed by atoms with Crippen LogP contribution >= 0.6 is 0 Å². The maximum atomic E-state index is 8.54. The summed E-state index contributed by atoms with van der Waals surface area (Å²) in [6.07, 6.45) is 6.02. The molecule has 0 aliphatic heterocycles. The van der Waals surface area contributed by atoms with Crippen LogP contribution in [0.1, 0.15) is 26.7 Å². The molecule has 0 radical (unpaired) electrons. The lowest BCUT2D eigenvalue weighted by Gasteiger charge is -2.08. The van der Waals surface area contributed by atoms with E-state index < -0.39 is 0 Å². The molecule has 0 aliphatic rings. The van der Waals surface area contributed by atoms with Crippen molar-refractivity contribution in [2.24, 2.45) is 5.92 Å². The molecule has 1 nitrogen and oxygen atoms in total. The lowest BCUT2D eigenvalue weighted by Crippen LogP contribution is -1.94. The molecule has 0 unspecified atom stereocenters. The fraction of sp³-hybridized carbons (Fsp3) is 0.600. The van der Waals surface area contributed by atoms with Gasteiger partial charge in [-0.3, -0.25) is 0 Å². The molecule has 0 aromatic rings. The smallest absolute Gasteiger partial charge is 0.0612 e. The molecule has 0 spiro atoms. The van der Waals surface area contributed by atoms with Gasteiger partial charge in [0.25, 0.3) is 0 Å². The van der Waals surface area contributed by atoms with Gasteiger partial charge < -0.3 is 5.11 Å². The Labute approximate surface area is 69.4 Å². The molecule has 0 aromatic carbocycles. The van der Waals surface area contributed by atoms with Gasteiger partial charge in [0.1, 0.15) is 0 Å². The highest BCUT2D eigenvalue weighted by Crippen LogP contribution is 2.14. The van der Waals surface area contributed by atoms with E-state index in [0.29, 0.717) is 5.92 Å². The number of aliphatic hydroxyl groups is 1. The van der Waals surface area contributed by atoms with Gasteiger partial charge in [0, 0.05) is 0 Å². The second kappa shape index (κ2) is 6.17. The van der Waals surface area contributed by atoms with Crippen molar-refractivity contribution in [3.8, 4) is 0 Å². The highest BCUT2D eigenvalue weighted by molar-refractivity contribution is 4.97. The normalized spacial score (nSPS) is 13.7. The third kappa shape index (κ3) is 5.86. The summed E-state index contributed by atoms with van der Waals surface area (Å²) in [7, 11) is 0. The molecule has 0 rings (SSSR count). The monoisotopic (exact) mass is 154 g/mol. The lowest BCUT2D eigenvalue weighted by atomic mass is 9.98. The first-order valence-electron chi connectivity index (χ1n) is 4.12. The van der Waals surface area contributed by atoms with Gasteiger partial charge in [0.05, 0.1) is 6.61 Å². The van der Waals surface area contributed by atoms with E-state index in [1.165, 1.54) is 5.57 Å². The number of rotatable bonds is 5. The molecule has 0 amide bonds. The van der Waals surface area contributed by atoms with Crippen LogP contribution in [0.4, 0.5) is 0 Å². The minimum atomic E-state index is 0.146. The Bertz CT molecular complexity index is 136. The molecular weight excluding hydrogens is 136 g/mol. The molecule has 64 valence electrons. The minimum Gasteiger partial charge on any atom is -0.392 e. The van der Waals surface area contributed by atoms with Crippen molar-refractivity contribution in [2.75, 3.05) is 6.61 Å². The van der Waals surface area contributed by atoms with E-state index in [1.54, 1.807) is 6.08 Å². The average molecular weight is 154 g/mol. The zero-order valence-corrected chi connectivity index (χ0v) is 7.51. The fourth-order valence-corrected chi connectivity index (χ4v) is 1.05. The topological polar surface area (TPSA) is 20.2 Å². The van der Waals surface area contributed by atoms with E-state index in [-0.39, 0.29) is 6.61 Å². The first-order chi connectivity index (χ1) is 5.20. The number of aliphatic hydroxyl groups excluding tert-OH is 1. The van der Waals surface area contributed by atoms with Crippen LogP contribution in [0, 0.1) is 5.92 Å². The van der Waals surface area contributed by atoms with Crippen molar-refractivity contribution in [3.63, 3.8) is 0 Å². The maximum absolute atomic E-state index is 8.54. The molecule has 0 fully saturated rings. The van der Waals surface area contributed by atoms with E-state index in [2.05, 4.69) is 19.6 Å². The van der Waals surface area contributed by atoms with E-state index in [0.717, 1.165) is 12.8 Å². The molecule has 1 atom stereocenters. The van der Waals surface area contributed by atoms with Crippen LogP contribution in [0.3, 0.4) is 0 Å². The first-order valence-corrected chi connectivity index (χ1v) is 4.12. The number of allylic oxidation sites excluding steroid dienone is 2. The van der Waals surface area contributed by atoms with Gasteiger partial charge in [0.2, 0.25) is 0 Å². The maximum Gasteiger partial charge on any atom is 0.0612 e. The molecule has 0 aliphatic carbocycles. The Balaban J connectivity index is 3.75. The van der Waals surface area contributed by atoms with E-state index in [4.69, 9.17) is 5.11 Å². The molecule has 0 saturated carbocycles. The van der Waals surface area contributed by atoms with Crippen LogP contribution in [0.2, 0.25) is 0 Å². The summed E-state index contributed by atoms with van der Waals surface area (Å²) in [5, 5.41) is 8.54. The molecule has 11 heavy (non-hydrogen) atoms. The van der Waals surface area contributed by atoms with Gasteiger partial charge in [-0.15, -0.1) is 6.58 Å². The van der Waals surface area contributed by atoms with Gasteiger partial charge in [-0.2, -0.15) is 0 Å². The van der Waals surface area contributed by atoms with Crippen LogP contribution < -0.4 is 0 Å². The van der Waals surface area contributed by atoms with Crippen LogP contribution in [0.5, 0.6) is 0 Å². The number of hydrogen-bond acceptors (Lipinski definition) is 1. The molecule has 0 aromatic heterocycles. The van der Waals surface area contributed by atoms with Crippen molar-refractivity contribution in [1.82, 2.24) is 0 Å². The zero-order valence-electron chi connectivity index (χ0n) is 7.51. The van der Waals surface area contributed by atoms with Gasteiger partial charge in [-0.05, 0) is 25.7 Å². The van der Waals surface area contributed by atoms with Crippen molar-refractivity contribution in [3.05, 3.63) is 24.3 Å². The Morgan fingerprint density at radius 3 is 2.64 bits per heavy atom. The van der Waals surface area contributed by atoms with Gasteiger partial charge >= 0.3 is 0 Å². The quantitative estimate of drug-likeness (QED) is 0.603. The second-order valence-electron chi connectivity index (χ2n) is 2.94. The van der Waals surface area contributed by atoms with E-state index in [1.807, 2.05) is 6.92 Å². The Morgan fingerprint density at radius 1 is 1.64 bits per heavy atom. The molecule has 1 N–H and O–H groups in total. The van der Waals surface area contributed by atoms with Gasteiger partial charge in [-0.1, -0.05) is 24.6 Å². The van der Waals surface area contributed by atoms with Crippen LogP contribution in [0.15, 0.2) is 24.3 Å². The Kier molecular flexibility index (Phi) is 5.86. The summed E-state index contributed by atoms with van der Waals surface area (Å²) < 4.78 is 0. The fourth-order valence-electron chi connectivity index (χ4n) is 1.05. The summed E-state index contributed by atoms with van der Waals surface area (Å²) in [6, 6.07) is 0. The highest BCUT2D eigenvalue weighted by atomic mass is 16.2. The van der Waals surface area contributed by atoms with Crippen molar-refractivity contribution in [2.45, 2.75) is 26.7 Å². The molecular formula is C10H18O. The molecule has 0 saturated heterocycles. The van der Waals surface area contributed by atoms with Gasteiger partial charge in [0.15, 0.2) is 0 Å². The third-order valence-electron chi connectivity index (χ3n) is 1.65. The SMILES string of the molecule is C=C(C)C[C@H](/C=C/CO)CC.